The Bertz CT molecular complexity index is 1870. The number of carbonyl (C=O) groups excluding carboxylic acids is 2. The number of alkyl carbamates (subject to hydrolysis) is 1. The van der Waals surface area contributed by atoms with Gasteiger partial charge in [0, 0.05) is 35.5 Å². The van der Waals surface area contributed by atoms with Crippen molar-refractivity contribution in [3.63, 3.8) is 0 Å². The van der Waals surface area contributed by atoms with Crippen LogP contribution >= 0.6 is 11.3 Å². The monoisotopic (exact) mass is 696 g/mol. The van der Waals surface area contributed by atoms with E-state index in [9.17, 15) is 19.2 Å². The molecule has 5 heterocycles. The molecule has 1 aliphatic rings. The van der Waals surface area contributed by atoms with E-state index in [4.69, 9.17) is 14.8 Å². The molecule has 5 rings (SSSR count). The Kier molecular flexibility index (Phi) is 10.6. The number of nitrogens with zero attached hydrogens (tertiary/aromatic N) is 8. The third kappa shape index (κ3) is 9.14. The number of hydrogen-bond donors (Lipinski definition) is 4. The zero-order chi connectivity index (χ0) is 35.3. The van der Waals surface area contributed by atoms with Gasteiger partial charge in [-0.05, 0) is 31.4 Å². The quantitative estimate of drug-likeness (QED) is 0.157. The highest BCUT2D eigenvalue weighted by molar-refractivity contribution is 7.14. The number of thiazole rings is 1. The molecule has 1 aliphatic heterocycles. The fourth-order valence-corrected chi connectivity index (χ4v) is 6.41. The lowest BCUT2D eigenvalue weighted by Crippen LogP contribution is -2.49. The third-order valence-corrected chi connectivity index (χ3v) is 8.90. The van der Waals surface area contributed by atoms with E-state index in [0.29, 0.717) is 66.8 Å². The maximum Gasteiger partial charge on any atom is 0.407 e. The Balaban J connectivity index is 1.36. The van der Waals surface area contributed by atoms with Crippen molar-refractivity contribution in [2.45, 2.75) is 58.0 Å². The van der Waals surface area contributed by atoms with Gasteiger partial charge in [0.2, 0.25) is 0 Å². The number of H-pyrrole nitrogens is 1. The molecular formula is C31H42N11O6S+. The first kappa shape index (κ1) is 35.3. The number of likely N-dealkylation sites (N-methyl/N-ethyl adjacent to an activating group) is 1. The van der Waals surface area contributed by atoms with Crippen LogP contribution in [0, 0.1) is 0 Å². The number of hydrogen-bond acceptors (Lipinski definition) is 12. The van der Waals surface area contributed by atoms with Crippen LogP contribution in [0.15, 0.2) is 28.5 Å². The van der Waals surface area contributed by atoms with E-state index in [2.05, 4.69) is 36.2 Å². The SMILES string of the molecule is CC(C)(C)c1csc(NC(=O)c2ccn3c(=O)c(CCc4nn[nH]n4)c(N4CCC[C@@H](OC(=O)NCC[N+](C)(C)CC(=O)O)C4)nc3c2)n1. The highest BCUT2D eigenvalue weighted by Crippen LogP contribution is 2.27. The fraction of sp³-hybridized carbons (Fsp3) is 0.516. The second-order valence-corrected chi connectivity index (χ2v) is 14.5. The average Bonchev–Trinajstić information content (AvgIpc) is 3.72. The van der Waals surface area contributed by atoms with Gasteiger partial charge in [-0.3, -0.25) is 19.3 Å². The highest BCUT2D eigenvalue weighted by Gasteiger charge is 2.28. The molecule has 0 aliphatic carbocycles. The number of rotatable bonds is 12. The van der Waals surface area contributed by atoms with Crippen molar-refractivity contribution in [2.75, 3.05) is 57.0 Å². The molecule has 1 saturated heterocycles. The van der Waals surface area contributed by atoms with E-state index >= 15 is 0 Å². The topological polar surface area (TPSA) is 210 Å². The zero-order valence-electron chi connectivity index (χ0n) is 28.2. The summed E-state index contributed by atoms with van der Waals surface area (Å²) in [6.07, 6.45) is 2.37. The molecule has 1 atom stereocenters. The molecule has 2 amide bonds. The number of piperidine rings is 1. The Morgan fingerprint density at radius 3 is 2.69 bits per heavy atom. The Morgan fingerprint density at radius 1 is 1.20 bits per heavy atom. The summed E-state index contributed by atoms with van der Waals surface area (Å²) < 4.78 is 7.34. The van der Waals surface area contributed by atoms with Gasteiger partial charge in [0.05, 0.1) is 45.0 Å². The number of fused-ring (bicyclic) bond motifs is 1. The molecule has 17 nitrogen and oxygen atoms in total. The normalized spacial score (nSPS) is 15.3. The number of amides is 2. The molecule has 1 fully saturated rings. The molecule has 4 aromatic rings. The Hall–Kier alpha value is -4.97. The maximum absolute atomic E-state index is 13.9. The number of ether oxygens (including phenoxy) is 1. The first-order chi connectivity index (χ1) is 23.2. The summed E-state index contributed by atoms with van der Waals surface area (Å²) >= 11 is 1.34. The number of quaternary nitrogens is 1. The van der Waals surface area contributed by atoms with E-state index in [1.54, 1.807) is 26.2 Å². The van der Waals surface area contributed by atoms with Gasteiger partial charge in [0.25, 0.3) is 11.5 Å². The summed E-state index contributed by atoms with van der Waals surface area (Å²) in [5, 5.41) is 31.1. The standard InChI is InChI=1S/C31H41N11O6S/c1-31(2,3)22-18-49-29(33-22)35-27(45)19-10-13-41-24(15-19)34-26(21(28(41)46)8-9-23-36-38-39-37-23)40-12-6-7-20(16-40)48-30(47)32-11-14-42(4,5)17-25(43)44/h10,13,15,18,20H,6-9,11-12,14,16-17H2,1-5H3,(H3-,32,33,35,36,37,38,39,43,44,45,47)/p+1/t20-/m1/s1. The lowest BCUT2D eigenvalue weighted by Gasteiger charge is -2.34. The predicted octanol–water partition coefficient (Wildman–Crippen LogP) is 1.86. The first-order valence-electron chi connectivity index (χ1n) is 16.0. The van der Waals surface area contributed by atoms with E-state index in [1.807, 2.05) is 31.1 Å². The molecule has 262 valence electrons. The predicted molar refractivity (Wildman–Crippen MR) is 181 cm³/mol. The summed E-state index contributed by atoms with van der Waals surface area (Å²) in [5.41, 5.74) is 1.44. The van der Waals surface area contributed by atoms with Crippen molar-refractivity contribution in [3.05, 3.63) is 56.7 Å². The van der Waals surface area contributed by atoms with Crippen LogP contribution in [-0.2, 0) is 27.8 Å². The Labute approximate surface area is 286 Å². The smallest absolute Gasteiger partial charge is 0.407 e. The summed E-state index contributed by atoms with van der Waals surface area (Å²) in [6, 6.07) is 3.13. The second-order valence-electron chi connectivity index (χ2n) is 13.7. The van der Waals surface area contributed by atoms with E-state index in [-0.39, 0.29) is 46.5 Å². The fourth-order valence-electron chi connectivity index (χ4n) is 5.48. The van der Waals surface area contributed by atoms with Gasteiger partial charge >= 0.3 is 12.1 Å². The summed E-state index contributed by atoms with van der Waals surface area (Å²) in [7, 11) is 3.54. The van der Waals surface area contributed by atoms with Crippen LogP contribution in [0.25, 0.3) is 5.65 Å². The average molecular weight is 697 g/mol. The number of aromatic nitrogens is 7. The molecule has 0 spiro atoms. The van der Waals surface area contributed by atoms with Crippen LogP contribution in [-0.4, -0.2) is 115 Å². The van der Waals surface area contributed by atoms with Crippen LogP contribution < -0.4 is 21.1 Å². The lowest BCUT2D eigenvalue weighted by atomic mass is 9.93. The van der Waals surface area contributed by atoms with Gasteiger partial charge in [0.15, 0.2) is 17.5 Å². The second kappa shape index (κ2) is 14.7. The van der Waals surface area contributed by atoms with Gasteiger partial charge in [-0.15, -0.1) is 21.5 Å². The van der Waals surface area contributed by atoms with Crippen molar-refractivity contribution >= 4 is 45.9 Å². The molecule has 4 aromatic heterocycles. The van der Waals surface area contributed by atoms with Gasteiger partial charge in [-0.1, -0.05) is 26.0 Å². The number of pyridine rings is 1. The highest BCUT2D eigenvalue weighted by atomic mass is 32.1. The lowest BCUT2D eigenvalue weighted by molar-refractivity contribution is -0.881. The number of aliphatic carboxylic acids is 1. The molecular weight excluding hydrogens is 654 g/mol. The number of aromatic amines is 1. The minimum Gasteiger partial charge on any atom is -0.477 e. The first-order valence-corrected chi connectivity index (χ1v) is 16.8. The van der Waals surface area contributed by atoms with Crippen LogP contribution in [0.2, 0.25) is 0 Å². The van der Waals surface area contributed by atoms with Gasteiger partial charge in [0.1, 0.15) is 17.6 Å². The molecule has 0 radical (unpaired) electrons. The van der Waals surface area contributed by atoms with E-state index in [1.165, 1.54) is 21.9 Å². The minimum absolute atomic E-state index is 0.0710. The number of nitrogens with one attached hydrogen (secondary N) is 3. The third-order valence-electron chi connectivity index (χ3n) is 8.15. The number of carbonyl (C=O) groups is 3. The van der Waals surface area contributed by atoms with E-state index < -0.39 is 18.2 Å². The van der Waals surface area contributed by atoms with Crippen molar-refractivity contribution in [1.82, 2.24) is 40.3 Å². The Morgan fingerprint density at radius 2 is 2.00 bits per heavy atom. The summed E-state index contributed by atoms with van der Waals surface area (Å²) in [6.45, 7) is 7.60. The van der Waals surface area contributed by atoms with Gasteiger partial charge < -0.3 is 24.5 Å². The zero-order valence-corrected chi connectivity index (χ0v) is 29.0. The summed E-state index contributed by atoms with van der Waals surface area (Å²) in [5.74, 6) is -0.418. The number of aryl methyl sites for hydroxylation is 1. The number of carboxylic acids is 1. The van der Waals surface area contributed by atoms with Crippen LogP contribution in [0.1, 0.15) is 61.1 Å². The minimum atomic E-state index is -0.918. The maximum atomic E-state index is 13.9. The molecule has 0 unspecified atom stereocenters. The van der Waals surface area contributed by atoms with Crippen LogP contribution in [0.5, 0.6) is 0 Å². The number of anilines is 2. The number of tetrazole rings is 1. The molecule has 49 heavy (non-hydrogen) atoms. The van der Waals surface area contributed by atoms with Crippen LogP contribution in [0.4, 0.5) is 15.7 Å². The molecule has 0 saturated carbocycles. The van der Waals surface area contributed by atoms with Gasteiger partial charge in [-0.2, -0.15) is 5.21 Å². The molecule has 0 bridgehead atoms. The van der Waals surface area contributed by atoms with Crippen LogP contribution in [0.3, 0.4) is 0 Å². The molecule has 18 heteroatoms. The molecule has 4 N–H and O–H groups in total. The van der Waals surface area contributed by atoms with Crippen molar-refractivity contribution in [2.24, 2.45) is 0 Å². The van der Waals surface area contributed by atoms with Crippen molar-refractivity contribution in [3.8, 4) is 0 Å². The largest absolute Gasteiger partial charge is 0.477 e. The van der Waals surface area contributed by atoms with Crippen molar-refractivity contribution < 1.29 is 28.7 Å². The number of carboxylic acid groups (broad SMARTS) is 1. The molecule has 0 aromatic carbocycles. The van der Waals surface area contributed by atoms with Gasteiger partial charge in [-0.25, -0.2) is 19.6 Å². The van der Waals surface area contributed by atoms with Crippen molar-refractivity contribution in [1.29, 1.82) is 0 Å². The summed E-state index contributed by atoms with van der Waals surface area (Å²) in [4.78, 5) is 62.3. The van der Waals surface area contributed by atoms with E-state index in [0.717, 1.165) is 5.69 Å².